The van der Waals surface area contributed by atoms with Crippen molar-refractivity contribution in [2.45, 2.75) is 6.54 Å². The Hall–Kier alpha value is -2.53. The highest BCUT2D eigenvalue weighted by Crippen LogP contribution is 2.30. The molecule has 0 atom stereocenters. The van der Waals surface area contributed by atoms with E-state index >= 15 is 0 Å². The van der Waals surface area contributed by atoms with Crippen molar-refractivity contribution in [3.8, 4) is 17.2 Å². The molecule has 0 aliphatic carbocycles. The van der Waals surface area contributed by atoms with Crippen LogP contribution < -0.4 is 10.5 Å². The lowest BCUT2D eigenvalue weighted by molar-refractivity contribution is 0.0726. The van der Waals surface area contributed by atoms with E-state index in [1.54, 1.807) is 24.3 Å². The number of hydrogen-bond acceptors (Lipinski definition) is 5. The van der Waals surface area contributed by atoms with E-state index in [2.05, 4.69) is 0 Å². The number of esters is 1. The van der Waals surface area contributed by atoms with Crippen LogP contribution in [0.5, 0.6) is 17.2 Å². The smallest absolute Gasteiger partial charge is 0.347 e. The summed E-state index contributed by atoms with van der Waals surface area (Å²) in [4.78, 5) is 11.9. The number of hydrogen-bond donors (Lipinski definition) is 3. The molecule has 0 spiro atoms. The average molecular weight is 259 g/mol. The van der Waals surface area contributed by atoms with E-state index in [-0.39, 0.29) is 29.4 Å². The maximum Gasteiger partial charge on any atom is 0.347 e. The Labute approximate surface area is 109 Å². The Bertz CT molecular complexity index is 610. The lowest BCUT2D eigenvalue weighted by Crippen LogP contribution is -2.09. The van der Waals surface area contributed by atoms with Crippen LogP contribution in [0.15, 0.2) is 42.5 Å². The van der Waals surface area contributed by atoms with Crippen LogP contribution in [0.2, 0.25) is 0 Å². The quantitative estimate of drug-likeness (QED) is 0.577. The Kier molecular flexibility index (Phi) is 3.68. The summed E-state index contributed by atoms with van der Waals surface area (Å²) < 4.78 is 5.05. The summed E-state index contributed by atoms with van der Waals surface area (Å²) in [6, 6.07) is 10.7. The number of rotatable bonds is 3. The van der Waals surface area contributed by atoms with Gasteiger partial charge in [-0.15, -0.1) is 0 Å². The van der Waals surface area contributed by atoms with Crippen molar-refractivity contribution in [3.05, 3.63) is 53.6 Å². The largest absolute Gasteiger partial charge is 0.507 e. The van der Waals surface area contributed by atoms with Gasteiger partial charge in [0.25, 0.3) is 0 Å². The molecule has 0 heterocycles. The SMILES string of the molecule is NCc1cccc(OC(=O)c2ccccc2O)c1O. The van der Waals surface area contributed by atoms with Crippen molar-refractivity contribution in [2.24, 2.45) is 5.73 Å². The van der Waals surface area contributed by atoms with Gasteiger partial charge in [-0.25, -0.2) is 4.79 Å². The fourth-order valence-corrected chi connectivity index (χ4v) is 1.62. The van der Waals surface area contributed by atoms with Gasteiger partial charge >= 0.3 is 5.97 Å². The molecule has 0 amide bonds. The number of carbonyl (C=O) groups excluding carboxylic acids is 1. The molecular formula is C14H13NO4. The molecule has 98 valence electrons. The zero-order valence-corrected chi connectivity index (χ0v) is 10.0. The molecule has 0 saturated carbocycles. The van der Waals surface area contributed by atoms with Crippen molar-refractivity contribution in [1.82, 2.24) is 0 Å². The standard InChI is InChI=1S/C14H13NO4/c15-8-9-4-3-7-12(13(9)17)19-14(18)10-5-1-2-6-11(10)16/h1-7,16-17H,8,15H2. The summed E-state index contributed by atoms with van der Waals surface area (Å²) in [5.41, 5.74) is 5.95. The first-order valence-electron chi connectivity index (χ1n) is 5.64. The summed E-state index contributed by atoms with van der Waals surface area (Å²) in [5, 5.41) is 19.4. The number of phenolic OH excluding ortho intramolecular Hbond substituents is 2. The Morgan fingerprint density at radius 2 is 1.84 bits per heavy atom. The molecule has 2 aromatic carbocycles. The van der Waals surface area contributed by atoms with Crippen molar-refractivity contribution in [3.63, 3.8) is 0 Å². The normalized spacial score (nSPS) is 10.2. The number of phenols is 2. The fraction of sp³-hybridized carbons (Fsp3) is 0.0714. The number of para-hydroxylation sites is 2. The maximum atomic E-state index is 11.9. The van der Waals surface area contributed by atoms with E-state index in [1.165, 1.54) is 18.2 Å². The zero-order valence-electron chi connectivity index (χ0n) is 10.0. The van der Waals surface area contributed by atoms with Crippen molar-refractivity contribution in [1.29, 1.82) is 0 Å². The minimum atomic E-state index is -0.748. The van der Waals surface area contributed by atoms with Crippen LogP contribution in [-0.2, 0) is 6.54 Å². The Morgan fingerprint density at radius 1 is 1.11 bits per heavy atom. The van der Waals surface area contributed by atoms with E-state index in [0.29, 0.717) is 5.56 Å². The zero-order chi connectivity index (χ0) is 13.8. The highest BCUT2D eigenvalue weighted by atomic mass is 16.5. The fourth-order valence-electron chi connectivity index (χ4n) is 1.62. The van der Waals surface area contributed by atoms with Gasteiger partial charge in [-0.05, 0) is 18.2 Å². The minimum Gasteiger partial charge on any atom is -0.507 e. The summed E-state index contributed by atoms with van der Waals surface area (Å²) in [7, 11) is 0. The summed E-state index contributed by atoms with van der Waals surface area (Å²) in [5.74, 6) is -1.09. The van der Waals surface area contributed by atoms with E-state index in [9.17, 15) is 15.0 Å². The molecular weight excluding hydrogens is 246 g/mol. The maximum absolute atomic E-state index is 11.9. The van der Waals surface area contributed by atoms with E-state index in [4.69, 9.17) is 10.5 Å². The second-order valence-corrected chi connectivity index (χ2v) is 3.87. The second kappa shape index (κ2) is 5.41. The number of ether oxygens (including phenoxy) is 1. The Morgan fingerprint density at radius 3 is 2.53 bits per heavy atom. The molecule has 0 bridgehead atoms. The second-order valence-electron chi connectivity index (χ2n) is 3.87. The first-order chi connectivity index (χ1) is 9.13. The first-order valence-corrected chi connectivity index (χ1v) is 5.64. The molecule has 4 N–H and O–H groups in total. The van der Waals surface area contributed by atoms with Crippen LogP contribution in [0.25, 0.3) is 0 Å². The molecule has 2 aromatic rings. The van der Waals surface area contributed by atoms with Gasteiger partial charge in [0.2, 0.25) is 0 Å². The van der Waals surface area contributed by atoms with Gasteiger partial charge in [-0.2, -0.15) is 0 Å². The molecule has 0 aromatic heterocycles. The molecule has 5 nitrogen and oxygen atoms in total. The van der Waals surface area contributed by atoms with Crippen LogP contribution in [0.3, 0.4) is 0 Å². The van der Waals surface area contributed by atoms with Crippen molar-refractivity contribution >= 4 is 5.97 Å². The monoisotopic (exact) mass is 259 g/mol. The van der Waals surface area contributed by atoms with Crippen molar-refractivity contribution in [2.75, 3.05) is 0 Å². The van der Waals surface area contributed by atoms with Crippen LogP contribution in [0.4, 0.5) is 0 Å². The number of carbonyl (C=O) groups is 1. The molecule has 5 heteroatoms. The number of aromatic hydroxyl groups is 2. The molecule has 2 rings (SSSR count). The third-order valence-corrected chi connectivity index (χ3v) is 2.63. The van der Waals surface area contributed by atoms with Gasteiger partial charge in [0.15, 0.2) is 11.5 Å². The van der Waals surface area contributed by atoms with Crippen LogP contribution in [0.1, 0.15) is 15.9 Å². The van der Waals surface area contributed by atoms with Crippen LogP contribution >= 0.6 is 0 Å². The predicted octanol–water partition coefficient (Wildman–Crippen LogP) is 1.78. The Balaban J connectivity index is 2.27. The summed E-state index contributed by atoms with van der Waals surface area (Å²) in [6.45, 7) is 0.133. The van der Waals surface area contributed by atoms with E-state index < -0.39 is 5.97 Å². The van der Waals surface area contributed by atoms with Crippen LogP contribution in [0, 0.1) is 0 Å². The molecule has 0 saturated heterocycles. The summed E-state index contributed by atoms with van der Waals surface area (Å²) in [6.07, 6.45) is 0. The van der Waals surface area contributed by atoms with Gasteiger partial charge < -0.3 is 20.7 Å². The van der Waals surface area contributed by atoms with Gasteiger partial charge in [0.05, 0.1) is 0 Å². The highest BCUT2D eigenvalue weighted by Gasteiger charge is 2.15. The van der Waals surface area contributed by atoms with Crippen LogP contribution in [-0.4, -0.2) is 16.2 Å². The molecule has 0 unspecified atom stereocenters. The van der Waals surface area contributed by atoms with Gasteiger partial charge in [-0.3, -0.25) is 0 Å². The third-order valence-electron chi connectivity index (χ3n) is 2.63. The lowest BCUT2D eigenvalue weighted by Gasteiger charge is -2.09. The predicted molar refractivity (Wildman–Crippen MR) is 69.1 cm³/mol. The molecule has 0 aliphatic rings. The lowest BCUT2D eigenvalue weighted by atomic mass is 10.2. The summed E-state index contributed by atoms with van der Waals surface area (Å²) >= 11 is 0. The van der Waals surface area contributed by atoms with Gasteiger partial charge in [0, 0.05) is 12.1 Å². The topological polar surface area (TPSA) is 92.8 Å². The number of benzene rings is 2. The van der Waals surface area contributed by atoms with Gasteiger partial charge in [0.1, 0.15) is 11.3 Å². The molecule has 0 aliphatic heterocycles. The van der Waals surface area contributed by atoms with E-state index in [0.717, 1.165) is 0 Å². The molecule has 0 fully saturated rings. The molecule has 19 heavy (non-hydrogen) atoms. The van der Waals surface area contributed by atoms with Crippen molar-refractivity contribution < 1.29 is 19.7 Å². The highest BCUT2D eigenvalue weighted by molar-refractivity contribution is 5.94. The minimum absolute atomic E-state index is 0.0104. The number of nitrogens with two attached hydrogens (primary N) is 1. The third kappa shape index (κ3) is 2.66. The molecule has 0 radical (unpaired) electrons. The average Bonchev–Trinajstić information content (AvgIpc) is 2.41. The van der Waals surface area contributed by atoms with E-state index in [1.807, 2.05) is 0 Å². The van der Waals surface area contributed by atoms with Gasteiger partial charge in [-0.1, -0.05) is 24.3 Å². The first kappa shape index (κ1) is 12.9.